The molecule has 0 unspecified atom stereocenters. The lowest BCUT2D eigenvalue weighted by Crippen LogP contribution is -1.94. The van der Waals surface area contributed by atoms with Crippen LogP contribution in [0.25, 0.3) is 11.0 Å². The Hall–Kier alpha value is -2.01. The van der Waals surface area contributed by atoms with Gasteiger partial charge in [-0.25, -0.2) is 4.79 Å². The molecule has 0 aliphatic carbocycles. The first-order valence-electron chi connectivity index (χ1n) is 3.80. The molecule has 0 N–H and O–H groups in total. The summed E-state index contributed by atoms with van der Waals surface area (Å²) in [5, 5.41) is 0.874. The zero-order chi connectivity index (χ0) is 9.26. The largest absolute Gasteiger partial charge is 0.423 e. The normalized spacial score (nSPS) is 9.77. The third-order valence-electron chi connectivity index (χ3n) is 1.79. The molecule has 1 aromatic carbocycles. The third-order valence-corrected chi connectivity index (χ3v) is 1.79. The first-order valence-corrected chi connectivity index (χ1v) is 3.80. The smallest absolute Gasteiger partial charge is 0.336 e. The van der Waals surface area contributed by atoms with Gasteiger partial charge in [-0.2, -0.15) is 0 Å². The summed E-state index contributed by atoms with van der Waals surface area (Å²) in [6.45, 7) is 0. The molecule has 62 valence electrons. The molecular weight excluding hydrogens is 164 g/mol. The zero-order valence-electron chi connectivity index (χ0n) is 6.78. The first kappa shape index (κ1) is 7.63. The number of terminal acetylenes is 1. The lowest BCUT2D eigenvalue weighted by atomic mass is 10.1. The molecule has 0 fully saturated rings. The SMILES string of the molecule is C#Cc1ccc2ccc(=O)oc2c1. The van der Waals surface area contributed by atoms with E-state index >= 15 is 0 Å². The monoisotopic (exact) mass is 170 g/mol. The van der Waals surface area contributed by atoms with Crippen molar-refractivity contribution in [3.8, 4) is 12.3 Å². The minimum absolute atomic E-state index is 0.360. The predicted octanol–water partition coefficient (Wildman–Crippen LogP) is 1.77. The molecule has 2 aromatic rings. The van der Waals surface area contributed by atoms with Crippen LogP contribution in [0, 0.1) is 12.3 Å². The van der Waals surface area contributed by atoms with Crippen molar-refractivity contribution in [2.45, 2.75) is 0 Å². The van der Waals surface area contributed by atoms with Gasteiger partial charge in [-0.15, -0.1) is 6.42 Å². The molecule has 2 heteroatoms. The minimum atomic E-state index is -0.360. The van der Waals surface area contributed by atoms with Crippen LogP contribution in [0.1, 0.15) is 5.56 Å². The molecule has 2 rings (SSSR count). The average molecular weight is 170 g/mol. The first-order chi connectivity index (χ1) is 6.29. The Bertz CT molecular complexity index is 544. The summed E-state index contributed by atoms with van der Waals surface area (Å²) >= 11 is 0. The molecule has 0 bridgehead atoms. The van der Waals surface area contributed by atoms with Crippen molar-refractivity contribution in [2.24, 2.45) is 0 Å². The molecule has 0 aliphatic heterocycles. The number of rotatable bonds is 0. The van der Waals surface area contributed by atoms with Crippen LogP contribution in [-0.4, -0.2) is 0 Å². The number of fused-ring (bicyclic) bond motifs is 1. The molecule has 0 atom stereocenters. The van der Waals surface area contributed by atoms with Crippen molar-refractivity contribution in [1.82, 2.24) is 0 Å². The molecule has 0 radical (unpaired) electrons. The second kappa shape index (κ2) is 2.80. The lowest BCUT2D eigenvalue weighted by Gasteiger charge is -1.95. The summed E-state index contributed by atoms with van der Waals surface area (Å²) in [5.41, 5.74) is 0.881. The van der Waals surface area contributed by atoms with E-state index in [1.807, 2.05) is 12.1 Å². The van der Waals surface area contributed by atoms with Crippen LogP contribution in [0.15, 0.2) is 39.5 Å². The van der Waals surface area contributed by atoms with Crippen molar-refractivity contribution in [1.29, 1.82) is 0 Å². The van der Waals surface area contributed by atoms with Gasteiger partial charge >= 0.3 is 5.63 Å². The van der Waals surface area contributed by atoms with Crippen molar-refractivity contribution >= 4 is 11.0 Å². The Kier molecular flexibility index (Phi) is 1.64. The van der Waals surface area contributed by atoms with Crippen LogP contribution in [0.3, 0.4) is 0 Å². The molecule has 1 heterocycles. The lowest BCUT2D eigenvalue weighted by molar-refractivity contribution is 0.561. The van der Waals surface area contributed by atoms with Crippen molar-refractivity contribution in [2.75, 3.05) is 0 Å². The summed E-state index contributed by atoms with van der Waals surface area (Å²) in [6.07, 6.45) is 5.21. The quantitative estimate of drug-likeness (QED) is 0.445. The third kappa shape index (κ3) is 1.32. The number of hydrogen-bond donors (Lipinski definition) is 0. The van der Waals surface area contributed by atoms with Gasteiger partial charge in [0.25, 0.3) is 0 Å². The van der Waals surface area contributed by atoms with E-state index in [9.17, 15) is 4.79 Å². The highest BCUT2D eigenvalue weighted by molar-refractivity contribution is 5.77. The summed E-state index contributed by atoms with van der Waals surface area (Å²) in [5.74, 6) is 2.48. The standard InChI is InChI=1S/C11H6O2/c1-2-8-3-4-9-5-6-11(12)13-10(9)7-8/h1,3-7H. The van der Waals surface area contributed by atoms with E-state index in [0.717, 1.165) is 5.39 Å². The van der Waals surface area contributed by atoms with E-state index < -0.39 is 0 Å². The van der Waals surface area contributed by atoms with E-state index in [1.54, 1.807) is 12.1 Å². The fraction of sp³-hybridized carbons (Fsp3) is 0. The molecule has 0 spiro atoms. The van der Waals surface area contributed by atoms with Crippen LogP contribution in [0.5, 0.6) is 0 Å². The van der Waals surface area contributed by atoms with Gasteiger partial charge in [0.05, 0.1) is 0 Å². The van der Waals surface area contributed by atoms with E-state index in [1.165, 1.54) is 6.07 Å². The van der Waals surface area contributed by atoms with Gasteiger partial charge in [-0.05, 0) is 24.3 Å². The molecule has 0 amide bonds. The second-order valence-electron chi connectivity index (χ2n) is 2.65. The molecule has 13 heavy (non-hydrogen) atoms. The van der Waals surface area contributed by atoms with Crippen molar-refractivity contribution < 1.29 is 4.42 Å². The van der Waals surface area contributed by atoms with Crippen LogP contribution in [0.4, 0.5) is 0 Å². The van der Waals surface area contributed by atoms with Crippen LogP contribution >= 0.6 is 0 Å². The summed E-state index contributed by atoms with van der Waals surface area (Å²) < 4.78 is 4.95. The number of benzene rings is 1. The van der Waals surface area contributed by atoms with Gasteiger partial charge < -0.3 is 4.42 Å². The highest BCUT2D eigenvalue weighted by atomic mass is 16.4. The molecule has 0 saturated heterocycles. The summed E-state index contributed by atoms with van der Waals surface area (Å²) in [7, 11) is 0. The fourth-order valence-corrected chi connectivity index (χ4v) is 1.15. The Morgan fingerprint density at radius 2 is 2.00 bits per heavy atom. The van der Waals surface area contributed by atoms with E-state index in [2.05, 4.69) is 5.92 Å². The Balaban J connectivity index is 2.84. The highest BCUT2D eigenvalue weighted by Crippen LogP contribution is 2.12. The highest BCUT2D eigenvalue weighted by Gasteiger charge is 1.96. The van der Waals surface area contributed by atoms with E-state index in [0.29, 0.717) is 11.1 Å². The summed E-state index contributed by atoms with van der Waals surface area (Å²) in [4.78, 5) is 10.9. The van der Waals surface area contributed by atoms with Crippen LogP contribution in [0.2, 0.25) is 0 Å². The average Bonchev–Trinajstić information content (AvgIpc) is 2.16. The minimum Gasteiger partial charge on any atom is -0.423 e. The zero-order valence-corrected chi connectivity index (χ0v) is 6.78. The van der Waals surface area contributed by atoms with Gasteiger partial charge in [0, 0.05) is 17.0 Å². The maximum absolute atomic E-state index is 10.9. The summed E-state index contributed by atoms with van der Waals surface area (Å²) in [6, 6.07) is 8.41. The number of hydrogen-bond acceptors (Lipinski definition) is 2. The van der Waals surface area contributed by atoms with Crippen molar-refractivity contribution in [3.05, 3.63) is 46.3 Å². The molecule has 0 saturated carbocycles. The maximum atomic E-state index is 10.9. The Morgan fingerprint density at radius 3 is 2.77 bits per heavy atom. The molecule has 2 nitrogen and oxygen atoms in total. The topological polar surface area (TPSA) is 30.2 Å². The van der Waals surface area contributed by atoms with Crippen molar-refractivity contribution in [3.63, 3.8) is 0 Å². The van der Waals surface area contributed by atoms with Gasteiger partial charge in [0.2, 0.25) is 0 Å². The van der Waals surface area contributed by atoms with Gasteiger partial charge in [0.1, 0.15) is 5.58 Å². The van der Waals surface area contributed by atoms with E-state index in [-0.39, 0.29) is 5.63 Å². The second-order valence-corrected chi connectivity index (χ2v) is 2.65. The van der Waals surface area contributed by atoms with Gasteiger partial charge in [0.15, 0.2) is 0 Å². The van der Waals surface area contributed by atoms with Gasteiger partial charge in [-0.1, -0.05) is 5.92 Å². The van der Waals surface area contributed by atoms with Gasteiger partial charge in [-0.3, -0.25) is 0 Å². The maximum Gasteiger partial charge on any atom is 0.336 e. The molecule has 0 aliphatic rings. The van der Waals surface area contributed by atoms with Crippen LogP contribution in [-0.2, 0) is 0 Å². The predicted molar refractivity (Wildman–Crippen MR) is 50.4 cm³/mol. The van der Waals surface area contributed by atoms with E-state index in [4.69, 9.17) is 10.8 Å². The molecule has 1 aromatic heterocycles. The van der Waals surface area contributed by atoms with Crippen LogP contribution < -0.4 is 5.63 Å². The fourth-order valence-electron chi connectivity index (χ4n) is 1.15. The Morgan fingerprint density at radius 1 is 1.23 bits per heavy atom. The Labute approximate surface area is 74.8 Å². The molecular formula is C11H6O2.